The van der Waals surface area contributed by atoms with E-state index in [-0.39, 0.29) is 11.1 Å². The highest BCUT2D eigenvalue weighted by Gasteiger charge is 2.03. The third-order valence-corrected chi connectivity index (χ3v) is 3.53. The average molecular weight is 308 g/mol. The van der Waals surface area contributed by atoms with Crippen LogP contribution in [0.15, 0.2) is 42.5 Å². The zero-order valence-electron chi connectivity index (χ0n) is 12.2. The first-order chi connectivity index (χ1) is 10.1. The summed E-state index contributed by atoms with van der Waals surface area (Å²) >= 11 is 5.67. The standard InChI is InChI=1S/C17H19ClFNO/c1-3-12(2)21-15-6-4-5-14(10-15)20-11-13-7-8-16(18)17(19)9-13/h4-10,12,20H,3,11H2,1-2H3. The van der Waals surface area contributed by atoms with E-state index in [9.17, 15) is 4.39 Å². The lowest BCUT2D eigenvalue weighted by Gasteiger charge is -2.14. The molecular weight excluding hydrogens is 289 g/mol. The highest BCUT2D eigenvalue weighted by Crippen LogP contribution is 2.21. The van der Waals surface area contributed by atoms with Crippen molar-refractivity contribution >= 4 is 17.3 Å². The Balaban J connectivity index is 1.99. The van der Waals surface area contributed by atoms with Crippen molar-refractivity contribution in [2.75, 3.05) is 5.32 Å². The molecule has 0 saturated carbocycles. The Morgan fingerprint density at radius 3 is 2.76 bits per heavy atom. The van der Waals surface area contributed by atoms with E-state index >= 15 is 0 Å². The lowest BCUT2D eigenvalue weighted by molar-refractivity contribution is 0.217. The van der Waals surface area contributed by atoms with Crippen LogP contribution in [0.4, 0.5) is 10.1 Å². The summed E-state index contributed by atoms with van der Waals surface area (Å²) in [4.78, 5) is 0. The molecule has 2 aromatic carbocycles. The number of halogens is 2. The first kappa shape index (κ1) is 15.6. The van der Waals surface area contributed by atoms with E-state index in [0.29, 0.717) is 6.54 Å². The van der Waals surface area contributed by atoms with Crippen molar-refractivity contribution in [1.29, 1.82) is 0 Å². The minimum Gasteiger partial charge on any atom is -0.491 e. The summed E-state index contributed by atoms with van der Waals surface area (Å²) in [5.74, 6) is 0.432. The lowest BCUT2D eigenvalue weighted by Crippen LogP contribution is -2.09. The van der Waals surface area contributed by atoms with Crippen LogP contribution in [0.1, 0.15) is 25.8 Å². The molecule has 1 N–H and O–H groups in total. The normalized spacial score (nSPS) is 12.0. The zero-order valence-corrected chi connectivity index (χ0v) is 13.0. The van der Waals surface area contributed by atoms with E-state index in [2.05, 4.69) is 12.2 Å². The zero-order chi connectivity index (χ0) is 15.2. The molecule has 1 atom stereocenters. The summed E-state index contributed by atoms with van der Waals surface area (Å²) in [6.07, 6.45) is 1.15. The van der Waals surface area contributed by atoms with Crippen molar-refractivity contribution in [2.24, 2.45) is 0 Å². The van der Waals surface area contributed by atoms with Crippen LogP contribution in [-0.4, -0.2) is 6.10 Å². The molecule has 0 aliphatic rings. The molecule has 0 amide bonds. The highest BCUT2D eigenvalue weighted by atomic mass is 35.5. The lowest BCUT2D eigenvalue weighted by atomic mass is 10.2. The molecule has 4 heteroatoms. The van der Waals surface area contributed by atoms with Gasteiger partial charge in [0.2, 0.25) is 0 Å². The van der Waals surface area contributed by atoms with E-state index in [1.165, 1.54) is 6.07 Å². The van der Waals surface area contributed by atoms with E-state index in [1.54, 1.807) is 12.1 Å². The Hall–Kier alpha value is -1.74. The van der Waals surface area contributed by atoms with Crippen LogP contribution >= 0.6 is 11.6 Å². The van der Waals surface area contributed by atoms with Gasteiger partial charge in [-0.15, -0.1) is 0 Å². The largest absolute Gasteiger partial charge is 0.491 e. The molecule has 0 radical (unpaired) electrons. The molecule has 1 unspecified atom stereocenters. The number of ether oxygens (including phenoxy) is 1. The highest BCUT2D eigenvalue weighted by molar-refractivity contribution is 6.30. The molecule has 2 rings (SSSR count). The molecule has 2 nitrogen and oxygen atoms in total. The summed E-state index contributed by atoms with van der Waals surface area (Å²) in [6, 6.07) is 12.6. The number of hydrogen-bond acceptors (Lipinski definition) is 2. The van der Waals surface area contributed by atoms with Gasteiger partial charge < -0.3 is 10.1 Å². The minimum atomic E-state index is -0.398. The Morgan fingerprint density at radius 1 is 1.24 bits per heavy atom. The van der Waals surface area contributed by atoms with Crippen LogP contribution < -0.4 is 10.1 Å². The maximum absolute atomic E-state index is 13.4. The van der Waals surface area contributed by atoms with Crippen molar-refractivity contribution in [2.45, 2.75) is 32.9 Å². The second-order valence-electron chi connectivity index (χ2n) is 4.97. The van der Waals surface area contributed by atoms with Crippen molar-refractivity contribution in [3.63, 3.8) is 0 Å². The fraction of sp³-hybridized carbons (Fsp3) is 0.294. The molecule has 0 heterocycles. The van der Waals surface area contributed by atoms with Crippen LogP contribution in [0.2, 0.25) is 5.02 Å². The monoisotopic (exact) mass is 307 g/mol. The average Bonchev–Trinajstić information content (AvgIpc) is 2.49. The van der Waals surface area contributed by atoms with Gasteiger partial charge in [-0.2, -0.15) is 0 Å². The van der Waals surface area contributed by atoms with Crippen molar-refractivity contribution in [3.8, 4) is 5.75 Å². The number of nitrogens with one attached hydrogen (secondary N) is 1. The van der Waals surface area contributed by atoms with E-state index in [0.717, 1.165) is 23.4 Å². The van der Waals surface area contributed by atoms with Gasteiger partial charge in [-0.25, -0.2) is 4.39 Å². The van der Waals surface area contributed by atoms with Crippen LogP contribution in [0.3, 0.4) is 0 Å². The Bertz CT molecular complexity index is 603. The van der Waals surface area contributed by atoms with Crippen LogP contribution in [0.5, 0.6) is 5.75 Å². The second kappa shape index (κ2) is 7.32. The summed E-state index contributed by atoms with van der Waals surface area (Å²) in [5, 5.41) is 3.39. The summed E-state index contributed by atoms with van der Waals surface area (Å²) in [7, 11) is 0. The van der Waals surface area contributed by atoms with Gasteiger partial charge in [0.25, 0.3) is 0 Å². The molecule has 0 spiro atoms. The van der Waals surface area contributed by atoms with E-state index in [1.807, 2.05) is 31.2 Å². The third kappa shape index (κ3) is 4.64. The van der Waals surface area contributed by atoms with Crippen LogP contribution in [-0.2, 0) is 6.54 Å². The second-order valence-corrected chi connectivity index (χ2v) is 5.37. The number of rotatable bonds is 6. The molecular formula is C17H19ClFNO. The van der Waals surface area contributed by atoms with Gasteiger partial charge in [0.1, 0.15) is 11.6 Å². The summed E-state index contributed by atoms with van der Waals surface area (Å²) in [6.45, 7) is 4.65. The number of anilines is 1. The Labute approximate surface area is 129 Å². The van der Waals surface area contributed by atoms with Gasteiger partial charge in [-0.3, -0.25) is 0 Å². The predicted molar refractivity (Wildman–Crippen MR) is 85.6 cm³/mol. The topological polar surface area (TPSA) is 21.3 Å². The van der Waals surface area contributed by atoms with Gasteiger partial charge in [0, 0.05) is 18.3 Å². The van der Waals surface area contributed by atoms with Crippen LogP contribution in [0, 0.1) is 5.82 Å². The summed E-state index contributed by atoms with van der Waals surface area (Å²) in [5.41, 5.74) is 1.77. The minimum absolute atomic E-state index is 0.141. The quantitative estimate of drug-likeness (QED) is 0.785. The molecule has 0 fully saturated rings. The van der Waals surface area contributed by atoms with Crippen LogP contribution in [0.25, 0.3) is 0 Å². The molecule has 0 aliphatic heterocycles. The fourth-order valence-corrected chi connectivity index (χ4v) is 1.97. The Kier molecular flexibility index (Phi) is 5.45. The van der Waals surface area contributed by atoms with Gasteiger partial charge in [0.15, 0.2) is 0 Å². The van der Waals surface area contributed by atoms with Crippen molar-refractivity contribution in [3.05, 3.63) is 58.9 Å². The number of benzene rings is 2. The van der Waals surface area contributed by atoms with E-state index in [4.69, 9.17) is 16.3 Å². The molecule has 112 valence electrons. The molecule has 0 aliphatic carbocycles. The van der Waals surface area contributed by atoms with E-state index < -0.39 is 5.82 Å². The van der Waals surface area contributed by atoms with Gasteiger partial charge >= 0.3 is 0 Å². The smallest absolute Gasteiger partial charge is 0.142 e. The van der Waals surface area contributed by atoms with Gasteiger partial charge in [-0.1, -0.05) is 30.7 Å². The van der Waals surface area contributed by atoms with Gasteiger partial charge in [0.05, 0.1) is 11.1 Å². The molecule has 0 saturated heterocycles. The summed E-state index contributed by atoms with van der Waals surface area (Å²) < 4.78 is 19.1. The Morgan fingerprint density at radius 2 is 2.05 bits per heavy atom. The third-order valence-electron chi connectivity index (χ3n) is 3.23. The molecule has 0 bridgehead atoms. The van der Waals surface area contributed by atoms with Crippen molar-refractivity contribution in [1.82, 2.24) is 0 Å². The maximum atomic E-state index is 13.4. The molecule has 21 heavy (non-hydrogen) atoms. The molecule has 2 aromatic rings. The SMILES string of the molecule is CCC(C)Oc1cccc(NCc2ccc(Cl)c(F)c2)c1. The van der Waals surface area contributed by atoms with Crippen molar-refractivity contribution < 1.29 is 9.13 Å². The fourth-order valence-electron chi connectivity index (χ4n) is 1.85. The number of hydrogen-bond donors (Lipinski definition) is 1. The first-order valence-electron chi connectivity index (χ1n) is 7.03. The van der Waals surface area contributed by atoms with Gasteiger partial charge in [-0.05, 0) is 43.2 Å². The first-order valence-corrected chi connectivity index (χ1v) is 7.40. The maximum Gasteiger partial charge on any atom is 0.142 e. The predicted octanol–water partition coefficient (Wildman–Crippen LogP) is 5.27. The molecule has 0 aromatic heterocycles.